The van der Waals surface area contributed by atoms with Crippen LogP contribution in [0.1, 0.15) is 26.3 Å². The van der Waals surface area contributed by atoms with Gasteiger partial charge in [0.15, 0.2) is 0 Å². The Morgan fingerprint density at radius 3 is 2.17 bits per heavy atom. The number of nitrogens with zero attached hydrogens (tertiary/aromatic N) is 1. The van der Waals surface area contributed by atoms with Crippen molar-refractivity contribution in [3.63, 3.8) is 0 Å². The van der Waals surface area contributed by atoms with Crippen LogP contribution in [0.2, 0.25) is 0 Å². The molecule has 29 heavy (non-hydrogen) atoms. The van der Waals surface area contributed by atoms with Gasteiger partial charge in [-0.05, 0) is 42.0 Å². The lowest BCUT2D eigenvalue weighted by Gasteiger charge is -2.13. The van der Waals surface area contributed by atoms with Gasteiger partial charge in [-0.1, -0.05) is 18.2 Å². The van der Waals surface area contributed by atoms with Crippen LogP contribution in [-0.4, -0.2) is 31.0 Å². The Bertz CT molecular complexity index is 966. The van der Waals surface area contributed by atoms with E-state index in [0.717, 1.165) is 5.56 Å². The molecule has 0 aliphatic heterocycles. The summed E-state index contributed by atoms with van der Waals surface area (Å²) in [6.45, 7) is 0.316. The molecule has 7 nitrogen and oxygen atoms in total. The fourth-order valence-corrected chi connectivity index (χ4v) is 2.75. The first-order valence-corrected chi connectivity index (χ1v) is 8.92. The van der Waals surface area contributed by atoms with Crippen molar-refractivity contribution in [1.29, 1.82) is 0 Å². The topological polar surface area (TPSA) is 89.5 Å². The number of aromatic nitrogens is 1. The number of benzene rings is 2. The van der Waals surface area contributed by atoms with E-state index in [1.54, 1.807) is 48.7 Å². The molecule has 0 aliphatic rings. The van der Waals surface area contributed by atoms with Crippen LogP contribution in [0, 0.1) is 0 Å². The maximum atomic E-state index is 12.6. The molecule has 2 aromatic carbocycles. The smallest absolute Gasteiger partial charge is 0.259 e. The molecule has 0 radical (unpaired) electrons. The van der Waals surface area contributed by atoms with Crippen molar-refractivity contribution in [3.8, 4) is 11.5 Å². The minimum atomic E-state index is -0.298. The van der Waals surface area contributed by atoms with Crippen LogP contribution in [0.15, 0.2) is 67.0 Å². The summed E-state index contributed by atoms with van der Waals surface area (Å²) < 4.78 is 10.5. The lowest BCUT2D eigenvalue weighted by molar-refractivity contribution is 0.0944. The third-order valence-electron chi connectivity index (χ3n) is 4.24. The van der Waals surface area contributed by atoms with Gasteiger partial charge in [0.25, 0.3) is 11.8 Å². The van der Waals surface area contributed by atoms with Gasteiger partial charge in [-0.15, -0.1) is 0 Å². The molecule has 3 aromatic rings. The predicted molar refractivity (Wildman–Crippen MR) is 109 cm³/mol. The number of methoxy groups -OCH3 is 2. The number of nitrogens with one attached hydrogen (secondary N) is 2. The summed E-state index contributed by atoms with van der Waals surface area (Å²) in [5.74, 6) is 0.348. The van der Waals surface area contributed by atoms with Crippen LogP contribution in [0.4, 0.5) is 5.69 Å². The van der Waals surface area contributed by atoms with Gasteiger partial charge in [-0.3, -0.25) is 14.6 Å². The van der Waals surface area contributed by atoms with E-state index in [2.05, 4.69) is 15.6 Å². The molecule has 0 saturated heterocycles. The van der Waals surface area contributed by atoms with E-state index in [1.165, 1.54) is 20.4 Å². The van der Waals surface area contributed by atoms with Crippen LogP contribution in [0.5, 0.6) is 11.5 Å². The van der Waals surface area contributed by atoms with Gasteiger partial charge < -0.3 is 20.1 Å². The summed E-state index contributed by atoms with van der Waals surface area (Å²) in [6.07, 6.45) is 3.12. The highest BCUT2D eigenvalue weighted by molar-refractivity contribution is 6.04. The molecule has 2 N–H and O–H groups in total. The first kappa shape index (κ1) is 19.9. The number of amides is 2. The normalized spacial score (nSPS) is 10.1. The molecule has 2 amide bonds. The molecule has 3 rings (SSSR count). The molecule has 0 atom stereocenters. The van der Waals surface area contributed by atoms with Crippen molar-refractivity contribution < 1.29 is 19.1 Å². The van der Waals surface area contributed by atoms with Gasteiger partial charge in [0, 0.05) is 24.6 Å². The SMILES string of the molecule is COc1cccc(OC)c1C(=O)NCc1ccc(NC(=O)c2cccnc2)cc1. The van der Waals surface area contributed by atoms with Gasteiger partial charge in [0.05, 0.1) is 19.8 Å². The van der Waals surface area contributed by atoms with Gasteiger partial charge >= 0.3 is 0 Å². The largest absolute Gasteiger partial charge is 0.496 e. The Labute approximate surface area is 168 Å². The average Bonchev–Trinajstić information content (AvgIpc) is 2.78. The fourth-order valence-electron chi connectivity index (χ4n) is 2.75. The van der Waals surface area contributed by atoms with E-state index in [4.69, 9.17) is 9.47 Å². The fraction of sp³-hybridized carbons (Fsp3) is 0.136. The number of carbonyl (C=O) groups is 2. The zero-order valence-electron chi connectivity index (χ0n) is 16.1. The number of hydrogen-bond acceptors (Lipinski definition) is 5. The van der Waals surface area contributed by atoms with Crippen LogP contribution < -0.4 is 20.1 Å². The Morgan fingerprint density at radius 2 is 1.59 bits per heavy atom. The average molecular weight is 391 g/mol. The molecule has 1 aromatic heterocycles. The highest BCUT2D eigenvalue weighted by Gasteiger charge is 2.17. The Kier molecular flexibility index (Phi) is 6.42. The number of rotatable bonds is 7. The number of ether oxygens (including phenoxy) is 2. The third-order valence-corrected chi connectivity index (χ3v) is 4.24. The van der Waals surface area contributed by atoms with Crippen LogP contribution >= 0.6 is 0 Å². The molecule has 0 unspecified atom stereocenters. The van der Waals surface area contributed by atoms with E-state index >= 15 is 0 Å². The van der Waals surface area contributed by atoms with Gasteiger partial charge in [-0.2, -0.15) is 0 Å². The highest BCUT2D eigenvalue weighted by Crippen LogP contribution is 2.28. The Hall–Kier alpha value is -3.87. The second kappa shape index (κ2) is 9.36. The summed E-state index contributed by atoms with van der Waals surface area (Å²) in [4.78, 5) is 28.7. The molecule has 1 heterocycles. The zero-order valence-corrected chi connectivity index (χ0v) is 16.1. The highest BCUT2D eigenvalue weighted by atomic mass is 16.5. The van der Waals surface area contributed by atoms with E-state index in [-0.39, 0.29) is 11.8 Å². The third kappa shape index (κ3) is 4.90. The first-order chi connectivity index (χ1) is 14.1. The zero-order chi connectivity index (χ0) is 20.6. The second-order valence-electron chi connectivity index (χ2n) is 6.11. The molecule has 0 fully saturated rings. The molecule has 7 heteroatoms. The minimum Gasteiger partial charge on any atom is -0.496 e. The predicted octanol–water partition coefficient (Wildman–Crippen LogP) is 3.28. The van der Waals surface area contributed by atoms with Crippen molar-refractivity contribution in [3.05, 3.63) is 83.7 Å². The molecule has 0 spiro atoms. The van der Waals surface area contributed by atoms with E-state index in [9.17, 15) is 9.59 Å². The first-order valence-electron chi connectivity index (χ1n) is 8.92. The van der Waals surface area contributed by atoms with Crippen molar-refractivity contribution in [2.24, 2.45) is 0 Å². The number of pyridine rings is 1. The Morgan fingerprint density at radius 1 is 0.897 bits per heavy atom. The summed E-state index contributed by atoms with van der Waals surface area (Å²) in [6, 6.07) is 15.8. The second-order valence-corrected chi connectivity index (χ2v) is 6.11. The maximum Gasteiger partial charge on any atom is 0.259 e. The van der Waals surface area contributed by atoms with Crippen LogP contribution in [0.3, 0.4) is 0 Å². The maximum absolute atomic E-state index is 12.6. The van der Waals surface area contributed by atoms with Crippen molar-refractivity contribution in [2.45, 2.75) is 6.54 Å². The van der Waals surface area contributed by atoms with E-state index in [0.29, 0.717) is 34.9 Å². The molecule has 0 saturated carbocycles. The van der Waals surface area contributed by atoms with Crippen molar-refractivity contribution in [1.82, 2.24) is 10.3 Å². The minimum absolute atomic E-state index is 0.234. The van der Waals surface area contributed by atoms with Gasteiger partial charge in [0.2, 0.25) is 0 Å². The number of carbonyl (C=O) groups excluding carboxylic acids is 2. The quantitative estimate of drug-likeness (QED) is 0.645. The molecule has 0 aliphatic carbocycles. The summed E-state index contributed by atoms with van der Waals surface area (Å²) in [5, 5.41) is 5.66. The van der Waals surface area contributed by atoms with Gasteiger partial charge in [-0.25, -0.2) is 0 Å². The molecular formula is C22H21N3O4. The standard InChI is InChI=1S/C22H21N3O4/c1-28-18-6-3-7-19(29-2)20(18)22(27)24-13-15-8-10-17(11-9-15)25-21(26)16-5-4-12-23-14-16/h3-12,14H,13H2,1-2H3,(H,24,27)(H,25,26). The summed E-state index contributed by atoms with van der Waals surface area (Å²) in [7, 11) is 3.01. The number of anilines is 1. The van der Waals surface area contributed by atoms with E-state index in [1.807, 2.05) is 12.1 Å². The van der Waals surface area contributed by atoms with E-state index < -0.39 is 0 Å². The lowest BCUT2D eigenvalue weighted by Crippen LogP contribution is -2.24. The number of hydrogen-bond donors (Lipinski definition) is 2. The Balaban J connectivity index is 1.62. The molecule has 0 bridgehead atoms. The monoisotopic (exact) mass is 391 g/mol. The molecule has 148 valence electrons. The van der Waals surface area contributed by atoms with Gasteiger partial charge in [0.1, 0.15) is 17.1 Å². The van der Waals surface area contributed by atoms with Crippen molar-refractivity contribution >= 4 is 17.5 Å². The summed E-state index contributed by atoms with van der Waals surface area (Å²) >= 11 is 0. The van der Waals surface area contributed by atoms with Crippen LogP contribution in [-0.2, 0) is 6.54 Å². The van der Waals surface area contributed by atoms with Crippen LogP contribution in [0.25, 0.3) is 0 Å². The lowest BCUT2D eigenvalue weighted by atomic mass is 10.1. The molecular weight excluding hydrogens is 370 g/mol. The van der Waals surface area contributed by atoms with Crippen molar-refractivity contribution in [2.75, 3.05) is 19.5 Å². The summed E-state index contributed by atoms with van der Waals surface area (Å²) in [5.41, 5.74) is 2.36.